The van der Waals surface area contributed by atoms with Crippen LogP contribution in [0.5, 0.6) is 0 Å². The van der Waals surface area contributed by atoms with Gasteiger partial charge in [0.15, 0.2) is 23.4 Å². The number of ketones is 2. The number of carbonyl (C=O) groups excluding carboxylic acids is 2. The quantitative estimate of drug-likeness (QED) is 0.717. The van der Waals surface area contributed by atoms with Gasteiger partial charge in [-0.05, 0) is 12.5 Å². The Morgan fingerprint density at radius 1 is 1.40 bits per heavy atom. The van der Waals surface area contributed by atoms with Crippen molar-refractivity contribution < 1.29 is 14.3 Å². The number of hydrogen-bond acceptors (Lipinski definition) is 3. The molecule has 0 radical (unpaired) electrons. The first-order valence-corrected chi connectivity index (χ1v) is 5.24. The molecule has 1 rings (SSSR count). The fourth-order valence-electron chi connectivity index (χ4n) is 1.84. The molecule has 0 aromatic carbocycles. The van der Waals surface area contributed by atoms with Crippen molar-refractivity contribution in [2.75, 3.05) is 0 Å². The fraction of sp³-hybridized carbons (Fsp3) is 0.667. The number of ether oxygens (including phenoxy) is 1. The third-order valence-corrected chi connectivity index (χ3v) is 3.16. The van der Waals surface area contributed by atoms with Crippen molar-refractivity contribution in [1.29, 1.82) is 0 Å². The first-order chi connectivity index (χ1) is 6.82. The van der Waals surface area contributed by atoms with E-state index in [0.717, 1.165) is 5.57 Å². The number of carbonyl (C=O) groups is 2. The Bertz CT molecular complexity index is 337. The Morgan fingerprint density at radius 2 is 1.93 bits per heavy atom. The van der Waals surface area contributed by atoms with Crippen LogP contribution in [0.4, 0.5) is 0 Å². The zero-order valence-electron chi connectivity index (χ0n) is 10.0. The summed E-state index contributed by atoms with van der Waals surface area (Å²) in [6.45, 7) is 9.02. The van der Waals surface area contributed by atoms with Crippen molar-refractivity contribution >= 4 is 11.6 Å². The van der Waals surface area contributed by atoms with Gasteiger partial charge in [0.1, 0.15) is 0 Å². The summed E-state index contributed by atoms with van der Waals surface area (Å²) in [4.78, 5) is 23.0. The highest BCUT2D eigenvalue weighted by molar-refractivity contribution is 5.95. The summed E-state index contributed by atoms with van der Waals surface area (Å²) >= 11 is 0. The lowest BCUT2D eigenvalue weighted by atomic mass is 9.79. The molecule has 84 valence electrons. The van der Waals surface area contributed by atoms with Gasteiger partial charge in [-0.15, -0.1) is 0 Å². The molecule has 0 amide bonds. The van der Waals surface area contributed by atoms with E-state index in [1.807, 2.05) is 27.7 Å². The van der Waals surface area contributed by atoms with Gasteiger partial charge in [0.25, 0.3) is 0 Å². The molecule has 0 spiro atoms. The summed E-state index contributed by atoms with van der Waals surface area (Å²) in [7, 11) is 0. The first-order valence-electron chi connectivity index (χ1n) is 5.24. The van der Waals surface area contributed by atoms with Gasteiger partial charge in [-0.1, -0.05) is 20.8 Å². The maximum Gasteiger partial charge on any atom is 0.194 e. The average Bonchev–Trinajstić information content (AvgIpc) is 2.38. The van der Waals surface area contributed by atoms with Gasteiger partial charge in [-0.3, -0.25) is 9.59 Å². The third-order valence-electron chi connectivity index (χ3n) is 3.16. The fourth-order valence-corrected chi connectivity index (χ4v) is 1.84. The van der Waals surface area contributed by atoms with E-state index in [0.29, 0.717) is 12.2 Å². The van der Waals surface area contributed by atoms with Crippen LogP contribution < -0.4 is 0 Å². The number of hydrogen-bond donors (Lipinski definition) is 0. The predicted octanol–water partition coefficient (Wildman–Crippen LogP) is 2.25. The van der Waals surface area contributed by atoms with Gasteiger partial charge < -0.3 is 4.74 Å². The van der Waals surface area contributed by atoms with Gasteiger partial charge in [-0.2, -0.15) is 0 Å². The third kappa shape index (κ3) is 1.83. The van der Waals surface area contributed by atoms with Crippen molar-refractivity contribution in [3.8, 4) is 0 Å². The van der Waals surface area contributed by atoms with Crippen LogP contribution in [0.25, 0.3) is 0 Å². The molecule has 15 heavy (non-hydrogen) atoms. The second kappa shape index (κ2) is 3.80. The maximum atomic E-state index is 11.7. The van der Waals surface area contributed by atoms with Crippen molar-refractivity contribution in [1.82, 2.24) is 0 Å². The molecule has 0 aliphatic carbocycles. The monoisotopic (exact) mass is 210 g/mol. The van der Waals surface area contributed by atoms with Crippen LogP contribution in [0.3, 0.4) is 0 Å². The van der Waals surface area contributed by atoms with Crippen molar-refractivity contribution in [3.05, 3.63) is 11.3 Å². The van der Waals surface area contributed by atoms with Crippen molar-refractivity contribution in [2.45, 2.75) is 47.1 Å². The number of allylic oxidation sites excluding steroid dienone is 1. The van der Waals surface area contributed by atoms with Gasteiger partial charge in [-0.25, -0.2) is 0 Å². The largest absolute Gasteiger partial charge is 0.478 e. The van der Waals surface area contributed by atoms with Crippen LogP contribution in [-0.4, -0.2) is 17.7 Å². The van der Waals surface area contributed by atoms with E-state index < -0.39 is 6.10 Å². The molecule has 1 aliphatic rings. The molecule has 1 unspecified atom stereocenters. The minimum atomic E-state index is -0.499. The summed E-state index contributed by atoms with van der Waals surface area (Å²) in [5.41, 5.74) is 0.510. The first kappa shape index (κ1) is 12.0. The topological polar surface area (TPSA) is 43.4 Å². The van der Waals surface area contributed by atoms with E-state index in [2.05, 4.69) is 0 Å². The summed E-state index contributed by atoms with van der Waals surface area (Å²) in [6.07, 6.45) is -0.0616. The predicted molar refractivity (Wildman–Crippen MR) is 57.3 cm³/mol. The summed E-state index contributed by atoms with van der Waals surface area (Å²) < 4.78 is 5.48. The highest BCUT2D eigenvalue weighted by Crippen LogP contribution is 2.42. The zero-order valence-corrected chi connectivity index (χ0v) is 10.0. The SMILES string of the molecule is CCC(=O)C1OC(C(C)=O)=C(C)C1(C)C. The Hall–Kier alpha value is -1.12. The van der Waals surface area contributed by atoms with Gasteiger partial charge in [0, 0.05) is 18.8 Å². The van der Waals surface area contributed by atoms with Crippen molar-refractivity contribution in [3.63, 3.8) is 0 Å². The lowest BCUT2D eigenvalue weighted by molar-refractivity contribution is -0.132. The molecule has 0 saturated carbocycles. The van der Waals surface area contributed by atoms with Crippen LogP contribution in [0, 0.1) is 5.41 Å². The second-order valence-corrected chi connectivity index (χ2v) is 4.55. The van der Waals surface area contributed by atoms with Crippen LogP contribution in [0.15, 0.2) is 11.3 Å². The lowest BCUT2D eigenvalue weighted by Crippen LogP contribution is -2.34. The summed E-state index contributed by atoms with van der Waals surface area (Å²) in [5.74, 6) is 0.314. The highest BCUT2D eigenvalue weighted by Gasteiger charge is 2.45. The normalized spacial score (nSPS) is 23.9. The molecule has 0 fully saturated rings. The minimum Gasteiger partial charge on any atom is -0.478 e. The second-order valence-electron chi connectivity index (χ2n) is 4.55. The molecule has 0 bridgehead atoms. The molecule has 1 aliphatic heterocycles. The van der Waals surface area contributed by atoms with Gasteiger partial charge >= 0.3 is 0 Å². The molecular weight excluding hydrogens is 192 g/mol. The molecule has 3 nitrogen and oxygen atoms in total. The highest BCUT2D eigenvalue weighted by atomic mass is 16.5. The van der Waals surface area contributed by atoms with E-state index in [4.69, 9.17) is 4.74 Å². The van der Waals surface area contributed by atoms with E-state index >= 15 is 0 Å². The average molecular weight is 210 g/mol. The van der Waals surface area contributed by atoms with Crippen LogP contribution >= 0.6 is 0 Å². The van der Waals surface area contributed by atoms with E-state index in [1.165, 1.54) is 6.92 Å². The lowest BCUT2D eigenvalue weighted by Gasteiger charge is -2.25. The van der Waals surface area contributed by atoms with Crippen LogP contribution in [0.2, 0.25) is 0 Å². The van der Waals surface area contributed by atoms with Crippen LogP contribution in [-0.2, 0) is 14.3 Å². The Labute approximate surface area is 90.5 Å². The molecule has 0 aromatic rings. The Balaban J connectivity index is 3.07. The summed E-state index contributed by atoms with van der Waals surface area (Å²) in [5, 5.41) is 0. The molecule has 3 heteroatoms. The van der Waals surface area contributed by atoms with E-state index in [-0.39, 0.29) is 17.0 Å². The molecule has 1 heterocycles. The molecule has 0 saturated heterocycles. The smallest absolute Gasteiger partial charge is 0.194 e. The Morgan fingerprint density at radius 3 is 2.27 bits per heavy atom. The Kier molecular flexibility index (Phi) is 3.03. The van der Waals surface area contributed by atoms with Gasteiger partial charge in [0.2, 0.25) is 0 Å². The maximum absolute atomic E-state index is 11.7. The molecule has 1 atom stereocenters. The van der Waals surface area contributed by atoms with Crippen LogP contribution in [0.1, 0.15) is 41.0 Å². The van der Waals surface area contributed by atoms with E-state index in [1.54, 1.807) is 0 Å². The summed E-state index contributed by atoms with van der Waals surface area (Å²) in [6, 6.07) is 0. The van der Waals surface area contributed by atoms with Gasteiger partial charge in [0.05, 0.1) is 0 Å². The number of rotatable bonds is 3. The van der Waals surface area contributed by atoms with Crippen molar-refractivity contribution in [2.24, 2.45) is 5.41 Å². The standard InChI is InChI=1S/C12H18O3/c1-6-9(14)11-12(4,5)7(2)10(15-11)8(3)13/h11H,6H2,1-5H3. The molecule has 0 N–H and O–H groups in total. The molecule has 0 aromatic heterocycles. The zero-order chi connectivity index (χ0) is 11.8. The van der Waals surface area contributed by atoms with E-state index in [9.17, 15) is 9.59 Å². The minimum absolute atomic E-state index is 0.0515. The number of Topliss-reactive ketones (excluding diaryl/α,β-unsaturated/α-hetero) is 2. The molecular formula is C12H18O3.